The van der Waals surface area contributed by atoms with Crippen LogP contribution in [0.3, 0.4) is 0 Å². The van der Waals surface area contributed by atoms with Crippen LogP contribution in [0, 0.1) is 6.92 Å². The lowest BCUT2D eigenvalue weighted by molar-refractivity contribution is 0.523. The highest BCUT2D eigenvalue weighted by Crippen LogP contribution is 2.25. The summed E-state index contributed by atoms with van der Waals surface area (Å²) in [6.45, 7) is 3.02. The molecule has 0 unspecified atom stereocenters. The number of hydrogen-bond donors (Lipinski definition) is 2. The summed E-state index contributed by atoms with van der Waals surface area (Å²) in [5.74, 6) is 1.48. The Bertz CT molecular complexity index is 1100. The van der Waals surface area contributed by atoms with Gasteiger partial charge in [0, 0.05) is 37.0 Å². The van der Waals surface area contributed by atoms with E-state index in [-0.39, 0.29) is 24.0 Å². The van der Waals surface area contributed by atoms with E-state index < -0.39 is 10.0 Å². The maximum absolute atomic E-state index is 12.2. The van der Waals surface area contributed by atoms with Gasteiger partial charge < -0.3 is 15.1 Å². The summed E-state index contributed by atoms with van der Waals surface area (Å²) in [7, 11) is 1.35. The topological polar surface area (TPSA) is 86.9 Å². The third kappa shape index (κ3) is 5.30. The fraction of sp³-hybridized carbons (Fsp3) is 0.316. The predicted molar refractivity (Wildman–Crippen MR) is 129 cm³/mol. The smallest absolute Gasteiger partial charge is 0.252 e. The third-order valence-electron chi connectivity index (χ3n) is 4.38. The minimum Gasteiger partial charge on any atom is -0.459 e. The molecule has 2 aromatic heterocycles. The average molecular weight is 548 g/mol. The molecular formula is C19H25IN4O3S2. The van der Waals surface area contributed by atoms with E-state index in [0.29, 0.717) is 23.3 Å². The normalized spacial score (nSPS) is 12.2. The molecule has 10 heteroatoms. The molecule has 0 bridgehead atoms. The lowest BCUT2D eigenvalue weighted by atomic mass is 10.1. The minimum absolute atomic E-state index is 0. The second-order valence-corrected chi connectivity index (χ2v) is 9.98. The third-order valence-corrected chi connectivity index (χ3v) is 7.75. The molecule has 158 valence electrons. The number of hydrogen-bond acceptors (Lipinski definition) is 5. The first-order valence-electron chi connectivity index (χ1n) is 8.75. The van der Waals surface area contributed by atoms with Crippen LogP contribution in [0.4, 0.5) is 0 Å². The van der Waals surface area contributed by atoms with Crippen molar-refractivity contribution in [3.8, 4) is 0 Å². The molecule has 0 fully saturated rings. The maximum Gasteiger partial charge on any atom is 0.252 e. The number of halogens is 1. The van der Waals surface area contributed by atoms with Gasteiger partial charge in [-0.3, -0.25) is 4.99 Å². The SMILES string of the molecule is CN=C(NCc1ccc(S(=O)(=O)N(C)C)s1)NCc1oc2ccccc2c1C.I. The molecule has 3 aromatic rings. The molecule has 7 nitrogen and oxygen atoms in total. The number of nitrogens with one attached hydrogen (secondary N) is 2. The van der Waals surface area contributed by atoms with E-state index in [1.54, 1.807) is 13.1 Å². The molecule has 0 atom stereocenters. The lowest BCUT2D eigenvalue weighted by Crippen LogP contribution is -2.36. The van der Waals surface area contributed by atoms with Crippen molar-refractivity contribution >= 4 is 62.3 Å². The van der Waals surface area contributed by atoms with E-state index in [4.69, 9.17) is 4.42 Å². The quantitative estimate of drug-likeness (QED) is 0.280. The Morgan fingerprint density at radius 2 is 1.83 bits per heavy atom. The molecule has 0 aliphatic rings. The summed E-state index contributed by atoms with van der Waals surface area (Å²) in [5.41, 5.74) is 1.98. The molecular weight excluding hydrogens is 523 g/mol. The summed E-state index contributed by atoms with van der Waals surface area (Å²) in [6, 6.07) is 11.4. The second-order valence-electron chi connectivity index (χ2n) is 6.43. The van der Waals surface area contributed by atoms with Gasteiger partial charge in [0.25, 0.3) is 10.0 Å². The predicted octanol–water partition coefficient (Wildman–Crippen LogP) is 3.54. The number of nitrogens with zero attached hydrogens (tertiary/aromatic N) is 2. The number of fused-ring (bicyclic) bond motifs is 1. The molecule has 2 N–H and O–H groups in total. The van der Waals surface area contributed by atoms with Crippen LogP contribution in [0.5, 0.6) is 0 Å². The van der Waals surface area contributed by atoms with Crippen LogP contribution >= 0.6 is 35.3 Å². The zero-order valence-electron chi connectivity index (χ0n) is 16.7. The number of furan rings is 1. The van der Waals surface area contributed by atoms with Crippen LogP contribution in [0.1, 0.15) is 16.2 Å². The molecule has 0 radical (unpaired) electrons. The maximum atomic E-state index is 12.2. The number of guanidine groups is 1. The number of benzene rings is 1. The van der Waals surface area contributed by atoms with Crippen molar-refractivity contribution in [2.24, 2.45) is 4.99 Å². The molecule has 1 aromatic carbocycles. The van der Waals surface area contributed by atoms with Crippen LogP contribution < -0.4 is 10.6 Å². The van der Waals surface area contributed by atoms with E-state index in [9.17, 15) is 8.42 Å². The molecule has 0 saturated heterocycles. The summed E-state index contributed by atoms with van der Waals surface area (Å²) in [5, 5.41) is 7.55. The Morgan fingerprint density at radius 3 is 2.48 bits per heavy atom. The van der Waals surface area contributed by atoms with Gasteiger partial charge in [0.05, 0.1) is 13.1 Å². The molecule has 0 amide bonds. The first-order valence-corrected chi connectivity index (χ1v) is 11.0. The van der Waals surface area contributed by atoms with Crippen molar-refractivity contribution in [3.05, 3.63) is 52.6 Å². The van der Waals surface area contributed by atoms with Crippen molar-refractivity contribution in [1.29, 1.82) is 0 Å². The van der Waals surface area contributed by atoms with Crippen molar-refractivity contribution < 1.29 is 12.8 Å². The highest BCUT2D eigenvalue weighted by atomic mass is 127. The van der Waals surface area contributed by atoms with Gasteiger partial charge in [-0.15, -0.1) is 35.3 Å². The van der Waals surface area contributed by atoms with Crippen molar-refractivity contribution in [3.63, 3.8) is 0 Å². The minimum atomic E-state index is -3.40. The van der Waals surface area contributed by atoms with Gasteiger partial charge in [-0.1, -0.05) is 18.2 Å². The fourth-order valence-corrected chi connectivity index (χ4v) is 5.19. The van der Waals surface area contributed by atoms with Gasteiger partial charge in [0.1, 0.15) is 15.6 Å². The Morgan fingerprint density at radius 1 is 1.14 bits per heavy atom. The fourth-order valence-electron chi connectivity index (χ4n) is 2.72. The van der Waals surface area contributed by atoms with Crippen LogP contribution in [0.15, 0.2) is 50.0 Å². The van der Waals surface area contributed by atoms with Crippen LogP contribution in [0.2, 0.25) is 0 Å². The van der Waals surface area contributed by atoms with Gasteiger partial charge in [-0.25, -0.2) is 12.7 Å². The first-order chi connectivity index (χ1) is 13.3. The molecule has 0 aliphatic carbocycles. The van der Waals surface area contributed by atoms with E-state index in [0.717, 1.165) is 27.2 Å². The van der Waals surface area contributed by atoms with E-state index in [1.165, 1.54) is 29.7 Å². The van der Waals surface area contributed by atoms with Gasteiger partial charge >= 0.3 is 0 Å². The number of aliphatic imine (C=N–C) groups is 1. The van der Waals surface area contributed by atoms with Crippen LogP contribution in [0.25, 0.3) is 11.0 Å². The molecule has 0 aliphatic heterocycles. The number of aryl methyl sites for hydroxylation is 1. The zero-order valence-corrected chi connectivity index (χ0v) is 20.7. The van der Waals surface area contributed by atoms with E-state index >= 15 is 0 Å². The van der Waals surface area contributed by atoms with Crippen LogP contribution in [-0.2, 0) is 23.1 Å². The Balaban J connectivity index is 0.00000300. The number of rotatable bonds is 6. The monoisotopic (exact) mass is 548 g/mol. The Labute approximate surface area is 192 Å². The summed E-state index contributed by atoms with van der Waals surface area (Å²) < 4.78 is 31.8. The van der Waals surface area contributed by atoms with Crippen molar-refractivity contribution in [2.45, 2.75) is 24.2 Å². The Kier molecular flexibility index (Phi) is 8.09. The summed E-state index contributed by atoms with van der Waals surface area (Å²) in [4.78, 5) is 5.12. The zero-order chi connectivity index (χ0) is 20.3. The van der Waals surface area contributed by atoms with Gasteiger partial charge in [-0.05, 0) is 25.1 Å². The lowest BCUT2D eigenvalue weighted by Gasteiger charge is -2.11. The summed E-state index contributed by atoms with van der Waals surface area (Å²) >= 11 is 1.25. The van der Waals surface area contributed by atoms with Crippen molar-refractivity contribution in [2.75, 3.05) is 21.1 Å². The van der Waals surface area contributed by atoms with Gasteiger partial charge in [0.2, 0.25) is 0 Å². The largest absolute Gasteiger partial charge is 0.459 e. The highest BCUT2D eigenvalue weighted by molar-refractivity contribution is 14.0. The van der Waals surface area contributed by atoms with Crippen molar-refractivity contribution in [1.82, 2.24) is 14.9 Å². The average Bonchev–Trinajstić information content (AvgIpc) is 3.28. The molecule has 0 spiro atoms. The van der Waals surface area contributed by atoms with Gasteiger partial charge in [0.15, 0.2) is 5.96 Å². The summed E-state index contributed by atoms with van der Waals surface area (Å²) in [6.07, 6.45) is 0. The molecule has 0 saturated carbocycles. The number of thiophene rings is 1. The first kappa shape index (κ1) is 23.6. The van der Waals surface area contributed by atoms with E-state index in [1.807, 2.05) is 37.3 Å². The number of para-hydroxylation sites is 1. The van der Waals surface area contributed by atoms with E-state index in [2.05, 4.69) is 15.6 Å². The molecule has 29 heavy (non-hydrogen) atoms. The molecule has 3 rings (SSSR count). The standard InChI is InChI=1S/C19H24N4O3S2.HI/c1-13-15-7-5-6-8-16(15)26-17(13)12-22-19(20-2)21-11-14-9-10-18(27-14)28(24,25)23(3)4;/h5-10H,11-12H2,1-4H3,(H2,20,21,22);1H. The highest BCUT2D eigenvalue weighted by Gasteiger charge is 2.19. The van der Waals surface area contributed by atoms with Gasteiger partial charge in [-0.2, -0.15) is 0 Å². The van der Waals surface area contributed by atoms with Crippen LogP contribution in [-0.4, -0.2) is 39.8 Å². The second kappa shape index (κ2) is 9.92. The molecule has 2 heterocycles. The Hall–Kier alpha value is -1.63. The number of sulfonamides is 1.